The molecule has 1 aliphatic carbocycles. The fourth-order valence-corrected chi connectivity index (χ4v) is 3.20. The third kappa shape index (κ3) is 3.42. The number of nitrogens with one attached hydrogen (secondary N) is 2. The molecule has 0 aliphatic heterocycles. The SMILES string of the molecule is C[C@H](NCC(=O)N[C@](C)(C#N)C1CC1)c1cccc2ccccc12. The molecular weight excluding hydrogens is 298 g/mol. The molecule has 4 heteroatoms. The predicted octanol–water partition coefficient (Wildman–Crippen LogP) is 3.30. The maximum absolute atomic E-state index is 12.2. The minimum atomic E-state index is -0.735. The molecule has 0 saturated heterocycles. The summed E-state index contributed by atoms with van der Waals surface area (Å²) >= 11 is 0. The first-order chi connectivity index (χ1) is 11.5. The highest BCUT2D eigenvalue weighted by Gasteiger charge is 2.42. The number of carbonyl (C=O) groups is 1. The van der Waals surface area contributed by atoms with Crippen molar-refractivity contribution in [1.82, 2.24) is 10.6 Å². The second kappa shape index (κ2) is 6.62. The molecule has 0 heterocycles. The molecule has 1 amide bonds. The lowest BCUT2D eigenvalue weighted by atomic mass is 9.98. The maximum Gasteiger partial charge on any atom is 0.235 e. The Morgan fingerprint density at radius 1 is 1.29 bits per heavy atom. The summed E-state index contributed by atoms with van der Waals surface area (Å²) in [6.07, 6.45) is 2.04. The van der Waals surface area contributed by atoms with Crippen LogP contribution in [0.3, 0.4) is 0 Å². The molecule has 24 heavy (non-hydrogen) atoms. The van der Waals surface area contributed by atoms with Gasteiger partial charge in [-0.3, -0.25) is 4.79 Å². The zero-order chi connectivity index (χ0) is 17.2. The van der Waals surface area contributed by atoms with Crippen LogP contribution in [0.1, 0.15) is 38.3 Å². The minimum absolute atomic E-state index is 0.0520. The van der Waals surface area contributed by atoms with Crippen molar-refractivity contribution in [3.05, 3.63) is 48.0 Å². The number of rotatable bonds is 6. The zero-order valence-electron chi connectivity index (χ0n) is 14.2. The summed E-state index contributed by atoms with van der Waals surface area (Å²) in [5, 5.41) is 17.9. The number of nitriles is 1. The molecule has 0 aromatic heterocycles. The third-order valence-corrected chi connectivity index (χ3v) is 4.88. The van der Waals surface area contributed by atoms with Crippen LogP contribution in [0.25, 0.3) is 10.8 Å². The monoisotopic (exact) mass is 321 g/mol. The summed E-state index contributed by atoms with van der Waals surface area (Å²) in [5.74, 6) is 0.167. The second-order valence-electron chi connectivity index (χ2n) is 6.81. The van der Waals surface area contributed by atoms with Gasteiger partial charge in [0.15, 0.2) is 0 Å². The lowest BCUT2D eigenvalue weighted by Crippen LogP contribution is -2.49. The van der Waals surface area contributed by atoms with Crippen LogP contribution >= 0.6 is 0 Å². The molecule has 0 radical (unpaired) electrons. The molecule has 0 spiro atoms. The van der Waals surface area contributed by atoms with E-state index in [2.05, 4.69) is 47.9 Å². The van der Waals surface area contributed by atoms with E-state index in [-0.39, 0.29) is 18.5 Å². The van der Waals surface area contributed by atoms with E-state index < -0.39 is 5.54 Å². The quantitative estimate of drug-likeness (QED) is 0.858. The molecule has 1 saturated carbocycles. The number of amides is 1. The highest BCUT2D eigenvalue weighted by molar-refractivity contribution is 5.86. The van der Waals surface area contributed by atoms with Crippen LogP contribution < -0.4 is 10.6 Å². The Hall–Kier alpha value is -2.38. The van der Waals surface area contributed by atoms with Gasteiger partial charge < -0.3 is 10.6 Å². The Morgan fingerprint density at radius 2 is 2.00 bits per heavy atom. The van der Waals surface area contributed by atoms with E-state index in [0.29, 0.717) is 5.92 Å². The average Bonchev–Trinajstić information content (AvgIpc) is 3.44. The van der Waals surface area contributed by atoms with Gasteiger partial charge in [0.2, 0.25) is 5.91 Å². The Kier molecular flexibility index (Phi) is 4.55. The van der Waals surface area contributed by atoms with Crippen LogP contribution in [-0.4, -0.2) is 18.0 Å². The first kappa shape index (κ1) is 16.5. The molecule has 2 aromatic rings. The van der Waals surface area contributed by atoms with Gasteiger partial charge in [0.25, 0.3) is 0 Å². The molecule has 1 aliphatic rings. The van der Waals surface area contributed by atoms with Crippen molar-refractivity contribution >= 4 is 16.7 Å². The standard InChI is InChI=1S/C20H23N3O/c1-14(17-9-5-7-15-6-3-4-8-18(15)17)22-12-19(24)23-20(2,13-21)16-10-11-16/h3-9,14,16,22H,10-12H2,1-2H3,(H,23,24)/t14-,20+/m0/s1. The van der Waals surface area contributed by atoms with Crippen LogP contribution in [0.5, 0.6) is 0 Å². The first-order valence-electron chi connectivity index (χ1n) is 8.47. The van der Waals surface area contributed by atoms with E-state index in [1.165, 1.54) is 16.3 Å². The lowest BCUT2D eigenvalue weighted by Gasteiger charge is -2.24. The molecule has 0 unspecified atom stereocenters. The van der Waals surface area contributed by atoms with E-state index in [1.807, 2.05) is 25.1 Å². The van der Waals surface area contributed by atoms with Crippen molar-refractivity contribution in [2.75, 3.05) is 6.54 Å². The predicted molar refractivity (Wildman–Crippen MR) is 95.3 cm³/mol. The van der Waals surface area contributed by atoms with E-state index >= 15 is 0 Å². The van der Waals surface area contributed by atoms with Crippen molar-refractivity contribution < 1.29 is 4.79 Å². The van der Waals surface area contributed by atoms with Crippen molar-refractivity contribution in [1.29, 1.82) is 5.26 Å². The van der Waals surface area contributed by atoms with Gasteiger partial charge in [-0.2, -0.15) is 5.26 Å². The van der Waals surface area contributed by atoms with Crippen molar-refractivity contribution in [2.45, 2.75) is 38.3 Å². The highest BCUT2D eigenvalue weighted by atomic mass is 16.2. The number of nitrogens with zero attached hydrogens (tertiary/aromatic N) is 1. The van der Waals surface area contributed by atoms with E-state index in [9.17, 15) is 10.1 Å². The lowest BCUT2D eigenvalue weighted by molar-refractivity contribution is -0.121. The molecule has 4 nitrogen and oxygen atoms in total. The van der Waals surface area contributed by atoms with Crippen LogP contribution in [-0.2, 0) is 4.79 Å². The van der Waals surface area contributed by atoms with Gasteiger partial charge in [0.1, 0.15) is 5.54 Å². The van der Waals surface area contributed by atoms with Gasteiger partial charge >= 0.3 is 0 Å². The van der Waals surface area contributed by atoms with Gasteiger partial charge in [-0.05, 0) is 48.9 Å². The number of benzene rings is 2. The fraction of sp³-hybridized carbons (Fsp3) is 0.400. The van der Waals surface area contributed by atoms with Gasteiger partial charge in [0.05, 0.1) is 12.6 Å². The molecule has 0 bridgehead atoms. The number of carbonyl (C=O) groups excluding carboxylic acids is 1. The van der Waals surface area contributed by atoms with Crippen LogP contribution in [0.4, 0.5) is 0 Å². The van der Waals surface area contributed by atoms with E-state index in [1.54, 1.807) is 0 Å². The van der Waals surface area contributed by atoms with Crippen LogP contribution in [0.2, 0.25) is 0 Å². The molecule has 2 atom stereocenters. The summed E-state index contributed by atoms with van der Waals surface area (Å²) in [6, 6.07) is 16.8. The fourth-order valence-electron chi connectivity index (χ4n) is 3.20. The first-order valence-corrected chi connectivity index (χ1v) is 8.47. The molecule has 2 N–H and O–H groups in total. The second-order valence-corrected chi connectivity index (χ2v) is 6.81. The summed E-state index contributed by atoms with van der Waals surface area (Å²) in [7, 11) is 0. The summed E-state index contributed by atoms with van der Waals surface area (Å²) < 4.78 is 0. The zero-order valence-corrected chi connectivity index (χ0v) is 14.2. The van der Waals surface area contributed by atoms with Gasteiger partial charge in [-0.15, -0.1) is 0 Å². The maximum atomic E-state index is 12.2. The minimum Gasteiger partial charge on any atom is -0.337 e. The third-order valence-electron chi connectivity index (χ3n) is 4.88. The smallest absolute Gasteiger partial charge is 0.235 e. The van der Waals surface area contributed by atoms with Crippen LogP contribution in [0.15, 0.2) is 42.5 Å². The van der Waals surface area contributed by atoms with Crippen molar-refractivity contribution in [2.24, 2.45) is 5.92 Å². The summed E-state index contributed by atoms with van der Waals surface area (Å²) in [4.78, 5) is 12.2. The number of fused-ring (bicyclic) bond motifs is 1. The van der Waals surface area contributed by atoms with E-state index in [0.717, 1.165) is 12.8 Å². The summed E-state index contributed by atoms with van der Waals surface area (Å²) in [6.45, 7) is 4.07. The number of hydrogen-bond acceptors (Lipinski definition) is 3. The molecular formula is C20H23N3O. The van der Waals surface area contributed by atoms with Gasteiger partial charge in [-0.1, -0.05) is 42.5 Å². The topological polar surface area (TPSA) is 64.9 Å². The van der Waals surface area contributed by atoms with Crippen LogP contribution in [0, 0.1) is 17.2 Å². The number of hydrogen-bond donors (Lipinski definition) is 2. The largest absolute Gasteiger partial charge is 0.337 e. The van der Waals surface area contributed by atoms with Crippen molar-refractivity contribution in [3.8, 4) is 6.07 Å². The molecule has 3 rings (SSSR count). The van der Waals surface area contributed by atoms with E-state index in [4.69, 9.17) is 0 Å². The molecule has 124 valence electrons. The Labute approximate surface area is 142 Å². The Bertz CT molecular complexity index is 786. The molecule has 2 aromatic carbocycles. The average molecular weight is 321 g/mol. The Balaban J connectivity index is 1.63. The van der Waals surface area contributed by atoms with Crippen molar-refractivity contribution in [3.63, 3.8) is 0 Å². The molecule has 1 fully saturated rings. The normalized spacial score (nSPS) is 17.7. The highest BCUT2D eigenvalue weighted by Crippen LogP contribution is 2.39. The van der Waals surface area contributed by atoms with Gasteiger partial charge in [0, 0.05) is 6.04 Å². The summed E-state index contributed by atoms with van der Waals surface area (Å²) in [5.41, 5.74) is 0.438. The Morgan fingerprint density at radius 3 is 2.71 bits per heavy atom. The van der Waals surface area contributed by atoms with Gasteiger partial charge in [-0.25, -0.2) is 0 Å².